The van der Waals surface area contributed by atoms with Gasteiger partial charge in [0.1, 0.15) is 0 Å². The highest BCUT2D eigenvalue weighted by molar-refractivity contribution is 6.04. The average Bonchev–Trinajstić information content (AvgIpc) is 2.99. The number of nitrogens with zero attached hydrogens (tertiary/aromatic N) is 2. The smallest absolute Gasteiger partial charge is 0.305 e. The Labute approximate surface area is 170 Å². The second kappa shape index (κ2) is 8.73. The molecule has 0 spiro atoms. The molecule has 1 N–H and O–H groups in total. The van der Waals surface area contributed by atoms with Gasteiger partial charge in [0.2, 0.25) is 0 Å². The van der Waals surface area contributed by atoms with Gasteiger partial charge < -0.3 is 10.1 Å². The number of methoxy groups -OCH3 is 1. The maximum atomic E-state index is 12.5. The van der Waals surface area contributed by atoms with Gasteiger partial charge in [0.25, 0.3) is 5.91 Å². The summed E-state index contributed by atoms with van der Waals surface area (Å²) in [6.07, 6.45) is 0.906. The molecule has 0 radical (unpaired) electrons. The third kappa shape index (κ3) is 4.71. The third-order valence-electron chi connectivity index (χ3n) is 4.90. The Hall–Kier alpha value is -3.41. The number of carbonyl (C=O) groups excluding carboxylic acids is 2. The van der Waals surface area contributed by atoms with E-state index in [1.165, 1.54) is 7.11 Å². The second-order valence-electron chi connectivity index (χ2n) is 7.01. The largest absolute Gasteiger partial charge is 0.469 e. The van der Waals surface area contributed by atoms with Gasteiger partial charge in [-0.3, -0.25) is 9.59 Å². The highest BCUT2D eigenvalue weighted by atomic mass is 16.5. The van der Waals surface area contributed by atoms with E-state index in [4.69, 9.17) is 4.74 Å². The van der Waals surface area contributed by atoms with Crippen LogP contribution in [0.1, 0.15) is 39.3 Å². The number of anilines is 1. The van der Waals surface area contributed by atoms with Gasteiger partial charge in [-0.25, -0.2) is 4.68 Å². The Bertz CT molecular complexity index is 1040. The van der Waals surface area contributed by atoms with Crippen molar-refractivity contribution in [2.24, 2.45) is 0 Å². The lowest BCUT2D eigenvalue weighted by molar-refractivity contribution is -0.140. The molecule has 2 aromatic carbocycles. The number of rotatable bonds is 6. The lowest BCUT2D eigenvalue weighted by Crippen LogP contribution is -2.12. The van der Waals surface area contributed by atoms with Crippen LogP contribution in [0, 0.1) is 20.8 Å². The lowest BCUT2D eigenvalue weighted by atomic mass is 10.1. The van der Waals surface area contributed by atoms with Crippen molar-refractivity contribution in [3.05, 3.63) is 76.6 Å². The van der Waals surface area contributed by atoms with Gasteiger partial charge in [0.05, 0.1) is 18.5 Å². The number of hydrogen-bond donors (Lipinski definition) is 1. The summed E-state index contributed by atoms with van der Waals surface area (Å²) in [5.41, 5.74) is 6.19. The predicted molar refractivity (Wildman–Crippen MR) is 113 cm³/mol. The quantitative estimate of drug-likeness (QED) is 0.641. The molecule has 1 aromatic heterocycles. The maximum Gasteiger partial charge on any atom is 0.305 e. The molecule has 0 aliphatic rings. The van der Waals surface area contributed by atoms with E-state index in [1.807, 2.05) is 61.9 Å². The number of esters is 1. The Balaban J connectivity index is 1.76. The van der Waals surface area contributed by atoms with Crippen LogP contribution in [-0.4, -0.2) is 28.8 Å². The summed E-state index contributed by atoms with van der Waals surface area (Å²) >= 11 is 0. The van der Waals surface area contributed by atoms with Gasteiger partial charge in [-0.1, -0.05) is 12.1 Å². The van der Waals surface area contributed by atoms with Crippen molar-refractivity contribution >= 4 is 17.6 Å². The topological polar surface area (TPSA) is 73.2 Å². The minimum atomic E-state index is -0.236. The van der Waals surface area contributed by atoms with E-state index in [0.717, 1.165) is 33.9 Å². The number of hydrogen-bond acceptors (Lipinski definition) is 4. The molecule has 3 rings (SSSR count). The van der Waals surface area contributed by atoms with E-state index in [0.29, 0.717) is 18.4 Å². The first-order chi connectivity index (χ1) is 13.9. The highest BCUT2D eigenvalue weighted by Crippen LogP contribution is 2.20. The van der Waals surface area contributed by atoms with Crippen LogP contribution in [0.2, 0.25) is 0 Å². The van der Waals surface area contributed by atoms with Crippen molar-refractivity contribution in [2.75, 3.05) is 12.4 Å². The van der Waals surface area contributed by atoms with Crippen LogP contribution in [0.5, 0.6) is 0 Å². The summed E-state index contributed by atoms with van der Waals surface area (Å²) in [7, 11) is 1.39. The van der Waals surface area contributed by atoms with Crippen LogP contribution in [-0.2, 0) is 16.0 Å². The van der Waals surface area contributed by atoms with Crippen LogP contribution >= 0.6 is 0 Å². The summed E-state index contributed by atoms with van der Waals surface area (Å²) < 4.78 is 6.56. The minimum Gasteiger partial charge on any atom is -0.469 e. The van der Waals surface area contributed by atoms with E-state index in [-0.39, 0.29) is 11.9 Å². The van der Waals surface area contributed by atoms with E-state index in [2.05, 4.69) is 10.4 Å². The van der Waals surface area contributed by atoms with Gasteiger partial charge >= 0.3 is 5.97 Å². The SMILES string of the molecule is COC(=O)CCc1c(C)nn(-c2ccc(C(=O)Nc3cccc(C)c3)cc2)c1C. The van der Waals surface area contributed by atoms with Crippen molar-refractivity contribution in [1.82, 2.24) is 9.78 Å². The number of aryl methyl sites for hydroxylation is 2. The molecule has 3 aromatic rings. The van der Waals surface area contributed by atoms with Crippen molar-refractivity contribution in [3.63, 3.8) is 0 Å². The average molecular weight is 391 g/mol. The summed E-state index contributed by atoms with van der Waals surface area (Å²) in [5.74, 6) is -0.394. The Morgan fingerprint density at radius 1 is 1.07 bits per heavy atom. The normalized spacial score (nSPS) is 10.6. The molecule has 0 bridgehead atoms. The summed E-state index contributed by atoms with van der Waals surface area (Å²) in [5, 5.41) is 7.51. The number of benzene rings is 2. The minimum absolute atomic E-state index is 0.158. The van der Waals surface area contributed by atoms with Crippen LogP contribution in [0.4, 0.5) is 5.69 Å². The zero-order chi connectivity index (χ0) is 21.0. The van der Waals surface area contributed by atoms with Crippen LogP contribution in [0.25, 0.3) is 5.69 Å². The molecule has 0 saturated heterocycles. The van der Waals surface area contributed by atoms with Crippen LogP contribution < -0.4 is 5.32 Å². The molecule has 0 unspecified atom stereocenters. The van der Waals surface area contributed by atoms with Gasteiger partial charge in [-0.15, -0.1) is 0 Å². The molecule has 0 aliphatic carbocycles. The highest BCUT2D eigenvalue weighted by Gasteiger charge is 2.15. The molecular weight excluding hydrogens is 366 g/mol. The number of nitrogens with one attached hydrogen (secondary N) is 1. The van der Waals surface area contributed by atoms with Crippen molar-refractivity contribution < 1.29 is 14.3 Å². The second-order valence-corrected chi connectivity index (χ2v) is 7.01. The van der Waals surface area contributed by atoms with Crippen LogP contribution in [0.15, 0.2) is 48.5 Å². The fraction of sp³-hybridized carbons (Fsp3) is 0.261. The van der Waals surface area contributed by atoms with E-state index in [1.54, 1.807) is 12.1 Å². The standard InChI is InChI=1S/C23H25N3O3/c1-15-6-5-7-19(14-15)24-23(28)18-8-10-20(11-9-18)26-17(3)21(16(2)25-26)12-13-22(27)29-4/h5-11,14H,12-13H2,1-4H3,(H,24,28). The first-order valence-corrected chi connectivity index (χ1v) is 9.49. The van der Waals surface area contributed by atoms with Crippen molar-refractivity contribution in [2.45, 2.75) is 33.6 Å². The zero-order valence-electron chi connectivity index (χ0n) is 17.2. The molecule has 6 heteroatoms. The molecule has 150 valence electrons. The number of carbonyl (C=O) groups is 2. The van der Waals surface area contributed by atoms with E-state index >= 15 is 0 Å². The van der Waals surface area contributed by atoms with Gasteiger partial charge in [-0.2, -0.15) is 5.10 Å². The van der Waals surface area contributed by atoms with Crippen LogP contribution in [0.3, 0.4) is 0 Å². The molecular formula is C23H25N3O3. The Kier molecular flexibility index (Phi) is 6.12. The summed E-state index contributed by atoms with van der Waals surface area (Å²) in [6.45, 7) is 5.89. The summed E-state index contributed by atoms with van der Waals surface area (Å²) in [4.78, 5) is 23.9. The molecule has 0 fully saturated rings. The maximum absolute atomic E-state index is 12.5. The Morgan fingerprint density at radius 3 is 2.45 bits per heavy atom. The fourth-order valence-electron chi connectivity index (χ4n) is 3.30. The predicted octanol–water partition coefficient (Wildman–Crippen LogP) is 4.16. The monoisotopic (exact) mass is 391 g/mol. The summed E-state index contributed by atoms with van der Waals surface area (Å²) in [6, 6.07) is 15.0. The molecule has 1 amide bonds. The molecule has 1 heterocycles. The molecule has 0 saturated carbocycles. The fourth-order valence-corrected chi connectivity index (χ4v) is 3.30. The van der Waals surface area contributed by atoms with E-state index < -0.39 is 0 Å². The first-order valence-electron chi connectivity index (χ1n) is 9.49. The van der Waals surface area contributed by atoms with Gasteiger partial charge in [0, 0.05) is 23.4 Å². The number of amides is 1. The molecule has 6 nitrogen and oxygen atoms in total. The van der Waals surface area contributed by atoms with Gasteiger partial charge in [-0.05, 0) is 74.7 Å². The Morgan fingerprint density at radius 2 is 1.79 bits per heavy atom. The third-order valence-corrected chi connectivity index (χ3v) is 4.90. The first kappa shape index (κ1) is 20.3. The van der Waals surface area contributed by atoms with Crippen molar-refractivity contribution in [3.8, 4) is 5.69 Å². The molecule has 0 aliphatic heterocycles. The molecule has 0 atom stereocenters. The number of ether oxygens (including phenoxy) is 1. The molecule has 29 heavy (non-hydrogen) atoms. The van der Waals surface area contributed by atoms with Gasteiger partial charge in [0.15, 0.2) is 0 Å². The number of aromatic nitrogens is 2. The van der Waals surface area contributed by atoms with E-state index in [9.17, 15) is 9.59 Å². The van der Waals surface area contributed by atoms with Crippen molar-refractivity contribution in [1.29, 1.82) is 0 Å². The lowest BCUT2D eigenvalue weighted by Gasteiger charge is -2.08. The zero-order valence-corrected chi connectivity index (χ0v) is 17.2.